The molecule has 0 spiro atoms. The molecule has 5 nitrogen and oxygen atoms in total. The molecule has 98 valence electrons. The van der Waals surface area contributed by atoms with Gasteiger partial charge >= 0.3 is 0 Å². The van der Waals surface area contributed by atoms with E-state index in [1.807, 2.05) is 0 Å². The van der Waals surface area contributed by atoms with E-state index in [1.54, 1.807) is 38.1 Å². The molecule has 0 fully saturated rings. The van der Waals surface area contributed by atoms with Crippen molar-refractivity contribution in [3.8, 4) is 0 Å². The minimum absolute atomic E-state index is 0.0306. The Hall–Kier alpha value is -1.88. The van der Waals surface area contributed by atoms with Crippen molar-refractivity contribution in [2.24, 2.45) is 0 Å². The van der Waals surface area contributed by atoms with Crippen LogP contribution in [0.2, 0.25) is 0 Å². The van der Waals surface area contributed by atoms with Crippen molar-refractivity contribution in [3.05, 3.63) is 29.8 Å². The lowest BCUT2D eigenvalue weighted by molar-refractivity contribution is -0.125. The summed E-state index contributed by atoms with van der Waals surface area (Å²) in [6.07, 6.45) is 0.350. The second-order valence-electron chi connectivity index (χ2n) is 3.99. The van der Waals surface area contributed by atoms with E-state index in [2.05, 4.69) is 10.6 Å². The number of hydrogen-bond donors (Lipinski definition) is 3. The van der Waals surface area contributed by atoms with E-state index < -0.39 is 6.04 Å². The van der Waals surface area contributed by atoms with Gasteiger partial charge < -0.3 is 15.7 Å². The van der Waals surface area contributed by atoms with Crippen LogP contribution in [-0.2, 0) is 16.2 Å². The summed E-state index contributed by atoms with van der Waals surface area (Å²) in [5.41, 5.74) is 1.41. The highest BCUT2D eigenvalue weighted by atomic mass is 16.3. The molecule has 0 aliphatic rings. The van der Waals surface area contributed by atoms with E-state index in [9.17, 15) is 9.59 Å². The van der Waals surface area contributed by atoms with Gasteiger partial charge in [0.2, 0.25) is 11.8 Å². The molecule has 0 aromatic heterocycles. The number of carbonyl (C=O) groups is 2. The summed E-state index contributed by atoms with van der Waals surface area (Å²) in [7, 11) is 0. The third-order valence-corrected chi connectivity index (χ3v) is 2.50. The Balaban J connectivity index is 2.55. The van der Waals surface area contributed by atoms with E-state index in [4.69, 9.17) is 5.11 Å². The van der Waals surface area contributed by atoms with Crippen molar-refractivity contribution in [1.29, 1.82) is 0 Å². The van der Waals surface area contributed by atoms with Crippen LogP contribution in [-0.4, -0.2) is 23.0 Å². The van der Waals surface area contributed by atoms with Gasteiger partial charge in [0, 0.05) is 12.1 Å². The van der Waals surface area contributed by atoms with Crippen LogP contribution in [0, 0.1) is 0 Å². The van der Waals surface area contributed by atoms with Gasteiger partial charge in [-0.1, -0.05) is 19.1 Å². The summed E-state index contributed by atoms with van der Waals surface area (Å²) >= 11 is 0. The van der Waals surface area contributed by atoms with Gasteiger partial charge in [-0.25, -0.2) is 0 Å². The Bertz CT molecular complexity index is 415. The highest BCUT2D eigenvalue weighted by Crippen LogP contribution is 2.09. The first-order chi connectivity index (χ1) is 8.56. The first-order valence-corrected chi connectivity index (χ1v) is 5.86. The van der Waals surface area contributed by atoms with Crippen LogP contribution in [0.15, 0.2) is 24.3 Å². The summed E-state index contributed by atoms with van der Waals surface area (Å²) in [6, 6.07) is 6.29. The number of anilines is 1. The second kappa shape index (κ2) is 6.76. The number of amides is 2. The number of hydrogen-bond acceptors (Lipinski definition) is 3. The lowest BCUT2D eigenvalue weighted by Crippen LogP contribution is -2.41. The molecule has 0 aliphatic carbocycles. The summed E-state index contributed by atoms with van der Waals surface area (Å²) < 4.78 is 0. The van der Waals surface area contributed by atoms with Crippen molar-refractivity contribution in [1.82, 2.24) is 5.32 Å². The lowest BCUT2D eigenvalue weighted by atomic mass is 10.2. The zero-order valence-corrected chi connectivity index (χ0v) is 10.6. The number of aliphatic hydroxyl groups excluding tert-OH is 1. The molecule has 2 amide bonds. The summed E-state index contributed by atoms with van der Waals surface area (Å²) in [5, 5.41) is 14.2. The molecule has 18 heavy (non-hydrogen) atoms. The maximum Gasteiger partial charge on any atom is 0.246 e. The first-order valence-electron chi connectivity index (χ1n) is 5.86. The van der Waals surface area contributed by atoms with E-state index in [-0.39, 0.29) is 18.4 Å². The van der Waals surface area contributed by atoms with Gasteiger partial charge in [-0.2, -0.15) is 0 Å². The zero-order valence-electron chi connectivity index (χ0n) is 10.6. The molecule has 0 saturated heterocycles. The van der Waals surface area contributed by atoms with Crippen LogP contribution in [0.4, 0.5) is 5.69 Å². The highest BCUT2D eigenvalue weighted by molar-refractivity contribution is 5.96. The topological polar surface area (TPSA) is 78.4 Å². The van der Waals surface area contributed by atoms with Crippen LogP contribution in [0.1, 0.15) is 25.8 Å². The minimum atomic E-state index is -0.574. The summed E-state index contributed by atoms with van der Waals surface area (Å²) in [5.74, 6) is -0.429. The van der Waals surface area contributed by atoms with Gasteiger partial charge in [0.25, 0.3) is 0 Å². The van der Waals surface area contributed by atoms with Crippen molar-refractivity contribution < 1.29 is 14.7 Å². The Morgan fingerprint density at radius 1 is 1.28 bits per heavy atom. The molecule has 0 saturated carbocycles. The zero-order chi connectivity index (χ0) is 13.5. The molecule has 5 heteroatoms. The molecule has 1 atom stereocenters. The van der Waals surface area contributed by atoms with E-state index in [0.717, 1.165) is 5.56 Å². The molecule has 3 N–H and O–H groups in total. The molecule has 0 aliphatic heterocycles. The number of carbonyl (C=O) groups excluding carboxylic acids is 2. The highest BCUT2D eigenvalue weighted by Gasteiger charge is 2.14. The van der Waals surface area contributed by atoms with Gasteiger partial charge in [0.1, 0.15) is 6.04 Å². The van der Waals surface area contributed by atoms with Gasteiger partial charge in [-0.05, 0) is 24.6 Å². The maximum atomic E-state index is 11.7. The lowest BCUT2D eigenvalue weighted by Gasteiger charge is -2.13. The van der Waals surface area contributed by atoms with Crippen LogP contribution in [0.3, 0.4) is 0 Å². The molecule has 0 unspecified atom stereocenters. The Kier molecular flexibility index (Phi) is 5.32. The third-order valence-electron chi connectivity index (χ3n) is 2.50. The number of aliphatic hydroxyl groups is 1. The largest absolute Gasteiger partial charge is 0.392 e. The van der Waals surface area contributed by atoms with Crippen LogP contribution < -0.4 is 10.6 Å². The summed E-state index contributed by atoms with van der Waals surface area (Å²) in [4.78, 5) is 22.9. The van der Waals surface area contributed by atoms with Gasteiger partial charge in [0.05, 0.1) is 6.61 Å². The molecule has 0 heterocycles. The predicted octanol–water partition coefficient (Wildman–Crippen LogP) is 1.03. The second-order valence-corrected chi connectivity index (χ2v) is 3.99. The minimum Gasteiger partial charge on any atom is -0.392 e. The summed E-state index contributed by atoms with van der Waals surface area (Å²) in [6.45, 7) is 3.33. The number of benzene rings is 1. The predicted molar refractivity (Wildman–Crippen MR) is 68.9 cm³/mol. The Labute approximate surface area is 106 Å². The third kappa shape index (κ3) is 4.18. The first kappa shape index (κ1) is 14.2. The maximum absolute atomic E-state index is 11.7. The fraction of sp³-hybridized carbons (Fsp3) is 0.385. The molecule has 0 radical (unpaired) electrons. The van der Waals surface area contributed by atoms with E-state index in [1.165, 1.54) is 0 Å². The fourth-order valence-electron chi connectivity index (χ4n) is 1.35. The van der Waals surface area contributed by atoms with Crippen LogP contribution >= 0.6 is 0 Å². The van der Waals surface area contributed by atoms with Gasteiger partial charge in [-0.15, -0.1) is 0 Å². The monoisotopic (exact) mass is 250 g/mol. The van der Waals surface area contributed by atoms with Crippen molar-refractivity contribution in [3.63, 3.8) is 0 Å². The standard InChI is InChI=1S/C13H18N2O3/c1-3-12(17)14-9(2)13(18)15-11-6-4-10(8-16)5-7-11/h4-7,9,16H,3,8H2,1-2H3,(H,14,17)(H,15,18)/t9-/m0/s1. The van der Waals surface area contributed by atoms with Crippen molar-refractivity contribution in [2.75, 3.05) is 5.32 Å². The van der Waals surface area contributed by atoms with E-state index in [0.29, 0.717) is 12.1 Å². The Morgan fingerprint density at radius 2 is 1.89 bits per heavy atom. The number of nitrogens with one attached hydrogen (secondary N) is 2. The van der Waals surface area contributed by atoms with Gasteiger partial charge in [-0.3, -0.25) is 9.59 Å². The molecular formula is C13H18N2O3. The average molecular weight is 250 g/mol. The molecule has 0 bridgehead atoms. The van der Waals surface area contributed by atoms with Gasteiger partial charge in [0.15, 0.2) is 0 Å². The molecular weight excluding hydrogens is 232 g/mol. The average Bonchev–Trinajstić information content (AvgIpc) is 2.39. The fourth-order valence-corrected chi connectivity index (χ4v) is 1.35. The smallest absolute Gasteiger partial charge is 0.246 e. The SMILES string of the molecule is CCC(=O)N[C@@H](C)C(=O)Nc1ccc(CO)cc1. The normalized spacial score (nSPS) is 11.7. The quantitative estimate of drug-likeness (QED) is 0.730. The molecule has 1 rings (SSSR count). The Morgan fingerprint density at radius 3 is 2.39 bits per heavy atom. The van der Waals surface area contributed by atoms with Crippen molar-refractivity contribution in [2.45, 2.75) is 32.9 Å². The molecule has 1 aromatic rings. The number of rotatable bonds is 5. The van der Waals surface area contributed by atoms with Crippen LogP contribution in [0.5, 0.6) is 0 Å². The van der Waals surface area contributed by atoms with E-state index >= 15 is 0 Å². The van der Waals surface area contributed by atoms with Crippen LogP contribution in [0.25, 0.3) is 0 Å². The van der Waals surface area contributed by atoms with Crippen molar-refractivity contribution >= 4 is 17.5 Å². The molecule has 1 aromatic carbocycles.